The number of rotatable bonds is 4. The molecular formula is C17H20ClN3O3S. The summed E-state index contributed by atoms with van der Waals surface area (Å²) in [5.41, 5.74) is 1.72. The minimum absolute atomic E-state index is 0.0732. The fourth-order valence-corrected chi connectivity index (χ4v) is 4.86. The molecule has 6 nitrogen and oxygen atoms in total. The van der Waals surface area contributed by atoms with Crippen molar-refractivity contribution in [3.63, 3.8) is 0 Å². The van der Waals surface area contributed by atoms with Crippen molar-refractivity contribution >= 4 is 33.0 Å². The van der Waals surface area contributed by atoms with Gasteiger partial charge in [-0.25, -0.2) is 8.42 Å². The van der Waals surface area contributed by atoms with Gasteiger partial charge in [0, 0.05) is 16.4 Å². The van der Waals surface area contributed by atoms with Gasteiger partial charge in [-0.1, -0.05) is 31.5 Å². The Morgan fingerprint density at radius 2 is 2.12 bits per heavy atom. The zero-order valence-electron chi connectivity index (χ0n) is 14.1. The second-order valence-electron chi connectivity index (χ2n) is 6.58. The predicted octanol–water partition coefficient (Wildman–Crippen LogP) is 3.27. The molecule has 0 bridgehead atoms. The zero-order valence-corrected chi connectivity index (χ0v) is 15.6. The monoisotopic (exact) mass is 381 g/mol. The molecule has 1 aliphatic rings. The fraction of sp³-hybridized carbons (Fsp3) is 0.412. The highest BCUT2D eigenvalue weighted by Crippen LogP contribution is 2.28. The highest BCUT2D eigenvalue weighted by Gasteiger charge is 2.32. The number of sulfone groups is 1. The van der Waals surface area contributed by atoms with Crippen molar-refractivity contribution in [3.8, 4) is 0 Å². The Balaban J connectivity index is 1.87. The number of amides is 1. The molecular weight excluding hydrogens is 362 g/mol. The largest absolute Gasteiger partial charge is 0.321 e. The Hall–Kier alpha value is -1.86. The summed E-state index contributed by atoms with van der Waals surface area (Å²) in [4.78, 5) is 12.5. The lowest BCUT2D eigenvalue weighted by Gasteiger charge is -2.15. The zero-order chi connectivity index (χ0) is 18.2. The van der Waals surface area contributed by atoms with Crippen LogP contribution in [0, 0.1) is 0 Å². The third-order valence-electron chi connectivity index (χ3n) is 4.23. The molecule has 1 N–H and O–H groups in total. The topological polar surface area (TPSA) is 81.1 Å². The number of carbonyl (C=O) groups is 1. The van der Waals surface area contributed by atoms with E-state index in [0.29, 0.717) is 17.1 Å². The molecule has 25 heavy (non-hydrogen) atoms. The third kappa shape index (κ3) is 4.04. The van der Waals surface area contributed by atoms with E-state index in [2.05, 4.69) is 10.4 Å². The highest BCUT2D eigenvalue weighted by atomic mass is 35.5. The van der Waals surface area contributed by atoms with Crippen LogP contribution < -0.4 is 5.32 Å². The summed E-state index contributed by atoms with van der Waals surface area (Å²) in [5.74, 6) is 0.0235. The van der Waals surface area contributed by atoms with Crippen LogP contribution in [0.3, 0.4) is 0 Å². The lowest BCUT2D eigenvalue weighted by molar-refractivity contribution is 0.102. The van der Waals surface area contributed by atoms with Crippen LogP contribution in [0.15, 0.2) is 30.3 Å². The third-order valence-corrected chi connectivity index (χ3v) is 6.21. The highest BCUT2D eigenvalue weighted by molar-refractivity contribution is 7.91. The first-order valence-electron chi connectivity index (χ1n) is 8.12. The molecule has 0 aliphatic carbocycles. The molecule has 1 aromatic carbocycles. The van der Waals surface area contributed by atoms with Gasteiger partial charge in [0.05, 0.1) is 17.5 Å². The predicted molar refractivity (Wildman–Crippen MR) is 98.0 cm³/mol. The molecule has 0 saturated carbocycles. The maximum atomic E-state index is 12.5. The van der Waals surface area contributed by atoms with Gasteiger partial charge >= 0.3 is 0 Å². The minimum atomic E-state index is -3.03. The van der Waals surface area contributed by atoms with Crippen molar-refractivity contribution in [2.45, 2.75) is 32.2 Å². The molecule has 2 heterocycles. The van der Waals surface area contributed by atoms with Crippen molar-refractivity contribution in [2.24, 2.45) is 0 Å². The smallest absolute Gasteiger partial charge is 0.276 e. The maximum absolute atomic E-state index is 12.5. The minimum Gasteiger partial charge on any atom is -0.321 e. The Morgan fingerprint density at radius 3 is 2.72 bits per heavy atom. The van der Waals surface area contributed by atoms with E-state index < -0.39 is 9.84 Å². The summed E-state index contributed by atoms with van der Waals surface area (Å²) >= 11 is 5.93. The van der Waals surface area contributed by atoms with Crippen LogP contribution in [0.2, 0.25) is 5.02 Å². The van der Waals surface area contributed by atoms with Gasteiger partial charge in [0.1, 0.15) is 0 Å². The van der Waals surface area contributed by atoms with Crippen molar-refractivity contribution in [1.29, 1.82) is 0 Å². The average molecular weight is 382 g/mol. The molecule has 134 valence electrons. The molecule has 1 amide bonds. The molecule has 2 aromatic rings. The Morgan fingerprint density at radius 1 is 1.36 bits per heavy atom. The first-order chi connectivity index (χ1) is 11.7. The molecule has 8 heteroatoms. The van der Waals surface area contributed by atoms with Gasteiger partial charge in [-0.2, -0.15) is 5.10 Å². The Kier molecular flexibility index (Phi) is 4.88. The molecule has 3 rings (SSSR count). The first-order valence-corrected chi connectivity index (χ1v) is 10.3. The summed E-state index contributed by atoms with van der Waals surface area (Å²) in [6.07, 6.45) is 0.527. The first kappa shape index (κ1) is 17.9. The molecule has 0 spiro atoms. The molecule has 1 fully saturated rings. The second kappa shape index (κ2) is 6.80. The summed E-state index contributed by atoms with van der Waals surface area (Å²) in [5, 5.41) is 7.70. The summed E-state index contributed by atoms with van der Waals surface area (Å²) in [7, 11) is -3.03. The van der Waals surface area contributed by atoms with Crippen molar-refractivity contribution in [1.82, 2.24) is 9.78 Å². The SMILES string of the molecule is CC(C)c1cc(C(=O)Nc2cccc(Cl)c2)nn1C1CCS(=O)(=O)C1. The lowest BCUT2D eigenvalue weighted by Crippen LogP contribution is -2.17. The van der Waals surface area contributed by atoms with E-state index in [9.17, 15) is 13.2 Å². The number of aromatic nitrogens is 2. The lowest BCUT2D eigenvalue weighted by atomic mass is 10.1. The van der Waals surface area contributed by atoms with Crippen LogP contribution in [0.4, 0.5) is 5.69 Å². The number of hydrogen-bond acceptors (Lipinski definition) is 4. The Bertz CT molecular complexity index is 906. The van der Waals surface area contributed by atoms with Gasteiger partial charge in [-0.05, 0) is 36.6 Å². The van der Waals surface area contributed by atoms with Crippen LogP contribution in [0.5, 0.6) is 0 Å². The van der Waals surface area contributed by atoms with Crippen LogP contribution >= 0.6 is 11.6 Å². The van der Waals surface area contributed by atoms with Gasteiger partial charge in [0.25, 0.3) is 5.91 Å². The summed E-state index contributed by atoms with van der Waals surface area (Å²) in [6.45, 7) is 3.99. The number of hydrogen-bond donors (Lipinski definition) is 1. The number of benzene rings is 1. The van der Waals surface area contributed by atoms with Crippen LogP contribution in [-0.4, -0.2) is 35.6 Å². The number of carbonyl (C=O) groups excluding carboxylic acids is 1. The van der Waals surface area contributed by atoms with Gasteiger partial charge < -0.3 is 5.32 Å². The maximum Gasteiger partial charge on any atom is 0.276 e. The standard InChI is InChI=1S/C17H20ClN3O3S/c1-11(2)16-9-15(17(22)19-13-5-3-4-12(18)8-13)20-21(16)14-6-7-25(23,24)10-14/h3-5,8-9,11,14H,6-7,10H2,1-2H3,(H,19,22). The molecule has 0 radical (unpaired) electrons. The van der Waals surface area contributed by atoms with Gasteiger partial charge in [-0.3, -0.25) is 9.48 Å². The van der Waals surface area contributed by atoms with Gasteiger partial charge in [0.2, 0.25) is 0 Å². The molecule has 1 saturated heterocycles. The van der Waals surface area contributed by atoms with E-state index in [0.717, 1.165) is 5.69 Å². The molecule has 1 unspecified atom stereocenters. The van der Waals surface area contributed by atoms with E-state index in [1.165, 1.54) is 0 Å². The van der Waals surface area contributed by atoms with Crippen LogP contribution in [0.1, 0.15) is 48.4 Å². The van der Waals surface area contributed by atoms with Crippen LogP contribution in [-0.2, 0) is 9.84 Å². The van der Waals surface area contributed by atoms with Crippen molar-refractivity contribution < 1.29 is 13.2 Å². The summed E-state index contributed by atoms with van der Waals surface area (Å²) < 4.78 is 25.3. The van der Waals surface area contributed by atoms with Crippen molar-refractivity contribution in [2.75, 3.05) is 16.8 Å². The van der Waals surface area contributed by atoms with Gasteiger partial charge in [0.15, 0.2) is 15.5 Å². The Labute approximate surface area is 152 Å². The second-order valence-corrected chi connectivity index (χ2v) is 9.24. The quantitative estimate of drug-likeness (QED) is 0.881. The molecule has 1 aromatic heterocycles. The molecule has 1 aliphatic heterocycles. The molecule has 1 atom stereocenters. The summed E-state index contributed by atoms with van der Waals surface area (Å²) in [6, 6.07) is 8.39. The van der Waals surface area contributed by atoms with Crippen molar-refractivity contribution in [3.05, 3.63) is 46.7 Å². The van der Waals surface area contributed by atoms with E-state index in [1.54, 1.807) is 35.0 Å². The number of nitrogens with zero attached hydrogens (tertiary/aromatic N) is 2. The van der Waals surface area contributed by atoms with Crippen LogP contribution in [0.25, 0.3) is 0 Å². The van der Waals surface area contributed by atoms with E-state index in [-0.39, 0.29) is 35.1 Å². The number of nitrogens with one attached hydrogen (secondary N) is 1. The average Bonchev–Trinajstić information content (AvgIpc) is 3.10. The van der Waals surface area contributed by atoms with E-state index in [1.807, 2.05) is 13.8 Å². The van der Waals surface area contributed by atoms with E-state index >= 15 is 0 Å². The van der Waals surface area contributed by atoms with Gasteiger partial charge in [-0.15, -0.1) is 0 Å². The van der Waals surface area contributed by atoms with E-state index in [4.69, 9.17) is 11.6 Å². The number of anilines is 1. The number of halogens is 1. The normalized spacial score (nSPS) is 19.3. The fourth-order valence-electron chi connectivity index (χ4n) is 2.97.